The zero-order chi connectivity index (χ0) is 21.4. The molecule has 0 spiro atoms. The van der Waals surface area contributed by atoms with E-state index in [1.807, 2.05) is 54.3 Å². The predicted molar refractivity (Wildman–Crippen MR) is 127 cm³/mol. The van der Waals surface area contributed by atoms with E-state index < -0.39 is 0 Å². The van der Waals surface area contributed by atoms with E-state index in [4.69, 9.17) is 4.74 Å². The quantitative estimate of drug-likeness (QED) is 0.387. The molecule has 4 nitrogen and oxygen atoms in total. The third-order valence-corrected chi connectivity index (χ3v) is 6.42. The van der Waals surface area contributed by atoms with Crippen molar-refractivity contribution in [3.05, 3.63) is 99.7 Å². The first-order valence-electron chi connectivity index (χ1n) is 10.5. The van der Waals surface area contributed by atoms with Crippen molar-refractivity contribution >= 4 is 32.7 Å². The van der Waals surface area contributed by atoms with Gasteiger partial charge in [0, 0.05) is 33.2 Å². The van der Waals surface area contributed by atoms with Crippen LogP contribution >= 0.6 is 15.9 Å². The number of nitrogens with zero attached hydrogens (tertiary/aromatic N) is 1. The number of ether oxygens (including phenoxy) is 1. The summed E-state index contributed by atoms with van der Waals surface area (Å²) in [5, 5.41) is 1.24. The Morgan fingerprint density at radius 2 is 1.81 bits per heavy atom. The van der Waals surface area contributed by atoms with Crippen molar-refractivity contribution < 1.29 is 9.53 Å². The Labute approximate surface area is 190 Å². The van der Waals surface area contributed by atoms with E-state index in [0.717, 1.165) is 33.4 Å². The van der Waals surface area contributed by atoms with Crippen LogP contribution in [0.1, 0.15) is 40.1 Å². The molecule has 0 radical (unpaired) electrons. The van der Waals surface area contributed by atoms with Crippen molar-refractivity contribution in [2.75, 3.05) is 13.2 Å². The Hall–Kier alpha value is -3.05. The van der Waals surface area contributed by atoms with E-state index >= 15 is 0 Å². The number of carbonyl (C=O) groups is 1. The van der Waals surface area contributed by atoms with Gasteiger partial charge in [-0.1, -0.05) is 46.3 Å². The van der Waals surface area contributed by atoms with Crippen molar-refractivity contribution in [3.8, 4) is 5.75 Å². The fourth-order valence-electron chi connectivity index (χ4n) is 4.48. The Morgan fingerprint density at radius 1 is 1.06 bits per heavy atom. The highest BCUT2D eigenvalue weighted by Crippen LogP contribution is 2.39. The van der Waals surface area contributed by atoms with Gasteiger partial charge in [-0.15, -0.1) is 0 Å². The van der Waals surface area contributed by atoms with Crippen LogP contribution in [0.15, 0.2) is 77.3 Å². The van der Waals surface area contributed by atoms with Gasteiger partial charge < -0.3 is 14.6 Å². The molecule has 1 atom stereocenters. The van der Waals surface area contributed by atoms with Crippen LogP contribution in [0, 0.1) is 0 Å². The molecule has 0 fully saturated rings. The molecule has 2 heterocycles. The van der Waals surface area contributed by atoms with E-state index in [1.165, 1.54) is 10.9 Å². The van der Waals surface area contributed by atoms with Crippen molar-refractivity contribution in [2.24, 2.45) is 0 Å². The average molecular weight is 475 g/mol. The number of H-pyrrole nitrogens is 1. The third-order valence-electron chi connectivity index (χ3n) is 5.89. The molecule has 1 aromatic heterocycles. The van der Waals surface area contributed by atoms with Crippen LogP contribution in [0.2, 0.25) is 0 Å². The lowest BCUT2D eigenvalue weighted by Crippen LogP contribution is -2.40. The maximum Gasteiger partial charge on any atom is 0.254 e. The molecule has 0 aliphatic carbocycles. The molecule has 1 aliphatic rings. The topological polar surface area (TPSA) is 45.3 Å². The van der Waals surface area contributed by atoms with Gasteiger partial charge in [0.25, 0.3) is 5.91 Å². The monoisotopic (exact) mass is 474 g/mol. The SMILES string of the molecule is CCOc1ccc([C@H]2c3[nH]c4ccccc4c3CCN2C(=O)c2ccc(Br)cc2)cc1. The summed E-state index contributed by atoms with van der Waals surface area (Å²) in [4.78, 5) is 19.2. The number of halogens is 1. The van der Waals surface area contributed by atoms with Crippen LogP contribution in [-0.4, -0.2) is 28.9 Å². The summed E-state index contributed by atoms with van der Waals surface area (Å²) in [6.45, 7) is 3.27. The first kappa shape index (κ1) is 19.9. The lowest BCUT2D eigenvalue weighted by Gasteiger charge is -2.36. The van der Waals surface area contributed by atoms with Crippen molar-refractivity contribution in [3.63, 3.8) is 0 Å². The highest BCUT2D eigenvalue weighted by Gasteiger charge is 2.34. The molecular weight excluding hydrogens is 452 g/mol. The Bertz CT molecular complexity index is 1230. The number of amides is 1. The zero-order valence-electron chi connectivity index (χ0n) is 17.3. The first-order chi connectivity index (χ1) is 15.2. The van der Waals surface area contributed by atoms with E-state index in [0.29, 0.717) is 18.7 Å². The molecule has 0 unspecified atom stereocenters. The number of hydrogen-bond acceptors (Lipinski definition) is 2. The van der Waals surface area contributed by atoms with Gasteiger partial charge in [-0.25, -0.2) is 0 Å². The number of benzene rings is 3. The van der Waals surface area contributed by atoms with Gasteiger partial charge in [0.15, 0.2) is 0 Å². The highest BCUT2D eigenvalue weighted by molar-refractivity contribution is 9.10. The van der Waals surface area contributed by atoms with Gasteiger partial charge in [-0.3, -0.25) is 4.79 Å². The molecule has 1 aliphatic heterocycles. The minimum absolute atomic E-state index is 0.0377. The number of aromatic amines is 1. The average Bonchev–Trinajstić information content (AvgIpc) is 3.18. The summed E-state index contributed by atoms with van der Waals surface area (Å²) in [7, 11) is 0. The molecule has 3 aromatic carbocycles. The van der Waals surface area contributed by atoms with Crippen LogP contribution in [0.3, 0.4) is 0 Å². The van der Waals surface area contributed by atoms with Crippen molar-refractivity contribution in [1.82, 2.24) is 9.88 Å². The lowest BCUT2D eigenvalue weighted by atomic mass is 9.91. The summed E-state index contributed by atoms with van der Waals surface area (Å²) in [5.74, 6) is 0.875. The highest BCUT2D eigenvalue weighted by atomic mass is 79.9. The molecule has 1 N–H and O–H groups in total. The number of carbonyl (C=O) groups excluding carboxylic acids is 1. The summed E-state index contributed by atoms with van der Waals surface area (Å²) < 4.78 is 6.59. The minimum atomic E-state index is -0.178. The molecule has 156 valence electrons. The molecule has 5 rings (SSSR count). The fourth-order valence-corrected chi connectivity index (χ4v) is 4.74. The smallest absolute Gasteiger partial charge is 0.254 e. The first-order valence-corrected chi connectivity index (χ1v) is 11.3. The second-order valence-corrected chi connectivity index (χ2v) is 8.64. The van der Waals surface area contributed by atoms with Crippen molar-refractivity contribution in [1.29, 1.82) is 0 Å². The second kappa shape index (κ2) is 8.23. The Balaban J connectivity index is 1.61. The van der Waals surface area contributed by atoms with Crippen LogP contribution in [0.25, 0.3) is 10.9 Å². The molecular formula is C26H23BrN2O2. The Morgan fingerprint density at radius 3 is 2.55 bits per heavy atom. The summed E-state index contributed by atoms with van der Waals surface area (Å²) in [6, 6.07) is 23.9. The molecule has 31 heavy (non-hydrogen) atoms. The predicted octanol–water partition coefficient (Wildman–Crippen LogP) is 6.12. The standard InChI is InChI=1S/C26H23BrN2O2/c1-2-31-20-13-9-17(10-14-20)25-24-22(21-5-3-4-6-23(21)28-24)15-16-29(25)26(30)18-7-11-19(27)12-8-18/h3-14,25,28H,2,15-16H2,1H3/t25-/m0/s1. The van der Waals surface area contributed by atoms with Crippen LogP contribution in [-0.2, 0) is 6.42 Å². The molecule has 0 saturated carbocycles. The minimum Gasteiger partial charge on any atom is -0.494 e. The molecule has 1 amide bonds. The summed E-state index contributed by atoms with van der Waals surface area (Å²) in [5.41, 5.74) is 5.28. The van der Waals surface area contributed by atoms with Crippen LogP contribution in [0.5, 0.6) is 5.75 Å². The number of hydrogen-bond donors (Lipinski definition) is 1. The van der Waals surface area contributed by atoms with Gasteiger partial charge >= 0.3 is 0 Å². The fraction of sp³-hybridized carbons (Fsp3) is 0.192. The van der Waals surface area contributed by atoms with Gasteiger partial charge in [-0.2, -0.15) is 0 Å². The van der Waals surface area contributed by atoms with Crippen molar-refractivity contribution in [2.45, 2.75) is 19.4 Å². The molecule has 0 saturated heterocycles. The summed E-state index contributed by atoms with van der Waals surface area (Å²) in [6.07, 6.45) is 0.829. The van der Waals surface area contributed by atoms with Gasteiger partial charge in [-0.05, 0) is 66.9 Å². The van der Waals surface area contributed by atoms with E-state index in [-0.39, 0.29) is 11.9 Å². The largest absolute Gasteiger partial charge is 0.494 e. The number of aromatic nitrogens is 1. The van der Waals surface area contributed by atoms with Crippen LogP contribution in [0.4, 0.5) is 0 Å². The van der Waals surface area contributed by atoms with Gasteiger partial charge in [0.1, 0.15) is 5.75 Å². The normalized spacial score (nSPS) is 15.7. The second-order valence-electron chi connectivity index (χ2n) is 7.72. The third kappa shape index (κ3) is 3.63. The zero-order valence-corrected chi connectivity index (χ0v) is 18.9. The summed E-state index contributed by atoms with van der Waals surface area (Å²) >= 11 is 3.46. The van der Waals surface area contributed by atoms with Gasteiger partial charge in [0.2, 0.25) is 0 Å². The Kier molecular flexibility index (Phi) is 5.28. The van der Waals surface area contributed by atoms with Gasteiger partial charge in [0.05, 0.1) is 12.6 Å². The number of rotatable bonds is 4. The molecule has 4 aromatic rings. The maximum absolute atomic E-state index is 13.6. The number of fused-ring (bicyclic) bond motifs is 3. The van der Waals surface area contributed by atoms with E-state index in [2.05, 4.69) is 51.2 Å². The molecule has 0 bridgehead atoms. The molecule has 5 heteroatoms. The number of nitrogens with one attached hydrogen (secondary N) is 1. The lowest BCUT2D eigenvalue weighted by molar-refractivity contribution is 0.0692. The maximum atomic E-state index is 13.6. The van der Waals surface area contributed by atoms with E-state index in [1.54, 1.807) is 0 Å². The number of para-hydroxylation sites is 1. The van der Waals surface area contributed by atoms with Crippen LogP contribution < -0.4 is 4.74 Å². The van der Waals surface area contributed by atoms with E-state index in [9.17, 15) is 4.79 Å².